The normalized spacial score (nSPS) is 17.0. The number of nitrogens with zero attached hydrogens (tertiary/aromatic N) is 6. The molecule has 9 nitrogen and oxygen atoms in total. The second-order valence-corrected chi connectivity index (χ2v) is 8.41. The van der Waals surface area contributed by atoms with Gasteiger partial charge in [0.25, 0.3) is 0 Å². The van der Waals surface area contributed by atoms with Crippen molar-refractivity contribution in [3.05, 3.63) is 47.8 Å². The van der Waals surface area contributed by atoms with Crippen molar-refractivity contribution in [3.8, 4) is 5.82 Å². The molecule has 0 saturated carbocycles. The summed E-state index contributed by atoms with van der Waals surface area (Å²) in [5, 5.41) is 14.8. The molecule has 1 aliphatic heterocycles. The first-order chi connectivity index (χ1) is 13.8. The highest BCUT2D eigenvalue weighted by molar-refractivity contribution is 5.89. The van der Waals surface area contributed by atoms with Gasteiger partial charge in [-0.3, -0.25) is 10.4 Å². The molecule has 1 saturated heterocycles. The molecule has 1 atom stereocenters. The van der Waals surface area contributed by atoms with E-state index in [1.54, 1.807) is 15.8 Å². The minimum Gasteiger partial charge on any atom is -0.324 e. The Morgan fingerprint density at radius 3 is 2.79 bits per heavy atom. The molecule has 0 spiro atoms. The van der Waals surface area contributed by atoms with Gasteiger partial charge in [0.05, 0.1) is 5.69 Å². The van der Waals surface area contributed by atoms with Gasteiger partial charge < -0.3 is 4.90 Å². The summed E-state index contributed by atoms with van der Waals surface area (Å²) >= 11 is 0. The number of amides is 2. The zero-order valence-electron chi connectivity index (χ0n) is 17.2. The first kappa shape index (κ1) is 19.1. The van der Waals surface area contributed by atoms with Gasteiger partial charge in [-0.25, -0.2) is 14.8 Å². The van der Waals surface area contributed by atoms with E-state index in [1.807, 2.05) is 31.2 Å². The van der Waals surface area contributed by atoms with Gasteiger partial charge in [0.15, 0.2) is 11.6 Å². The number of anilines is 1. The molecule has 152 valence electrons. The first-order valence-corrected chi connectivity index (χ1v) is 9.78. The SMILES string of the molecule is Cc1nc(C2CCN(C(=O)Nc3cc(C(C)(C)C)nn3-c3ccccn3)C2)n[nH]1. The van der Waals surface area contributed by atoms with Crippen molar-refractivity contribution in [2.75, 3.05) is 18.4 Å². The quantitative estimate of drug-likeness (QED) is 0.710. The molecule has 2 amide bonds. The maximum absolute atomic E-state index is 12.9. The number of urea groups is 1. The summed E-state index contributed by atoms with van der Waals surface area (Å²) in [5.74, 6) is 2.98. The van der Waals surface area contributed by atoms with Gasteiger partial charge in [0.2, 0.25) is 0 Å². The second kappa shape index (κ2) is 7.31. The molecule has 4 rings (SSSR count). The predicted molar refractivity (Wildman–Crippen MR) is 109 cm³/mol. The van der Waals surface area contributed by atoms with Crippen LogP contribution < -0.4 is 5.32 Å². The standard InChI is InChI=1S/C20H26N8O/c1-13-22-18(25-24-13)14-8-10-27(12-14)19(29)23-17-11-15(20(2,3)4)26-28(17)16-7-5-6-9-21-16/h5-7,9,11,14H,8,10,12H2,1-4H3,(H,23,29)(H,22,24,25). The number of hydrogen-bond donors (Lipinski definition) is 2. The number of carbonyl (C=O) groups is 1. The number of aromatic nitrogens is 6. The third-order valence-electron chi connectivity index (χ3n) is 5.03. The van der Waals surface area contributed by atoms with Crippen LogP contribution in [0.5, 0.6) is 0 Å². The molecule has 1 unspecified atom stereocenters. The van der Waals surface area contributed by atoms with E-state index in [2.05, 4.69) is 46.3 Å². The minimum atomic E-state index is -0.155. The summed E-state index contributed by atoms with van der Waals surface area (Å²) in [6.45, 7) is 9.40. The van der Waals surface area contributed by atoms with Crippen molar-refractivity contribution in [2.45, 2.75) is 45.4 Å². The number of pyridine rings is 1. The third kappa shape index (κ3) is 3.98. The number of rotatable bonds is 3. The van der Waals surface area contributed by atoms with Crippen molar-refractivity contribution in [2.24, 2.45) is 0 Å². The van der Waals surface area contributed by atoms with Crippen LogP contribution in [0.1, 0.15) is 50.5 Å². The Balaban J connectivity index is 1.54. The molecule has 0 radical (unpaired) electrons. The van der Waals surface area contributed by atoms with Crippen LogP contribution in [0.2, 0.25) is 0 Å². The maximum Gasteiger partial charge on any atom is 0.323 e. The average Bonchev–Trinajstić information content (AvgIpc) is 3.40. The van der Waals surface area contributed by atoms with E-state index in [4.69, 9.17) is 5.10 Å². The van der Waals surface area contributed by atoms with Crippen LogP contribution in [-0.2, 0) is 5.41 Å². The Kier molecular flexibility index (Phi) is 4.81. The van der Waals surface area contributed by atoms with Crippen molar-refractivity contribution < 1.29 is 4.79 Å². The van der Waals surface area contributed by atoms with Gasteiger partial charge in [-0.05, 0) is 25.5 Å². The van der Waals surface area contributed by atoms with Gasteiger partial charge >= 0.3 is 6.03 Å². The van der Waals surface area contributed by atoms with Crippen LogP contribution in [-0.4, -0.2) is 54.0 Å². The van der Waals surface area contributed by atoms with E-state index in [9.17, 15) is 4.79 Å². The fraction of sp³-hybridized carbons (Fsp3) is 0.450. The molecule has 2 N–H and O–H groups in total. The minimum absolute atomic E-state index is 0.150. The fourth-order valence-electron chi connectivity index (χ4n) is 3.38. The van der Waals surface area contributed by atoms with E-state index in [1.165, 1.54) is 0 Å². The lowest BCUT2D eigenvalue weighted by atomic mass is 9.92. The highest BCUT2D eigenvalue weighted by Crippen LogP contribution is 2.28. The molecule has 0 aliphatic carbocycles. The third-order valence-corrected chi connectivity index (χ3v) is 5.03. The summed E-state index contributed by atoms with van der Waals surface area (Å²) in [5.41, 5.74) is 0.732. The van der Waals surface area contributed by atoms with Crippen molar-refractivity contribution >= 4 is 11.8 Å². The molecule has 29 heavy (non-hydrogen) atoms. The molecule has 3 aromatic rings. The van der Waals surface area contributed by atoms with Gasteiger partial charge in [0, 0.05) is 36.7 Å². The first-order valence-electron chi connectivity index (χ1n) is 9.78. The van der Waals surface area contributed by atoms with E-state index < -0.39 is 0 Å². The van der Waals surface area contributed by atoms with E-state index in [0.717, 1.165) is 23.8 Å². The average molecular weight is 394 g/mol. The summed E-state index contributed by atoms with van der Waals surface area (Å²) in [7, 11) is 0. The molecule has 4 heterocycles. The molecule has 1 aliphatic rings. The highest BCUT2D eigenvalue weighted by atomic mass is 16.2. The van der Waals surface area contributed by atoms with Crippen molar-refractivity contribution in [3.63, 3.8) is 0 Å². The van der Waals surface area contributed by atoms with Gasteiger partial charge in [-0.15, -0.1) is 0 Å². The maximum atomic E-state index is 12.9. The number of hydrogen-bond acceptors (Lipinski definition) is 5. The summed E-state index contributed by atoms with van der Waals surface area (Å²) in [6, 6.07) is 7.38. The van der Waals surface area contributed by atoms with E-state index >= 15 is 0 Å². The zero-order chi connectivity index (χ0) is 20.6. The smallest absolute Gasteiger partial charge is 0.323 e. The van der Waals surface area contributed by atoms with Crippen LogP contribution in [0.25, 0.3) is 5.82 Å². The van der Waals surface area contributed by atoms with Crippen LogP contribution in [0, 0.1) is 6.92 Å². The van der Waals surface area contributed by atoms with Crippen LogP contribution in [0.15, 0.2) is 30.5 Å². The summed E-state index contributed by atoms with van der Waals surface area (Å²) in [4.78, 5) is 23.5. The van der Waals surface area contributed by atoms with Crippen LogP contribution in [0.3, 0.4) is 0 Å². The Morgan fingerprint density at radius 1 is 1.31 bits per heavy atom. The van der Waals surface area contributed by atoms with Gasteiger partial charge in [0.1, 0.15) is 11.6 Å². The Labute approximate surface area is 169 Å². The predicted octanol–water partition coefficient (Wildman–Crippen LogP) is 3.01. The fourth-order valence-corrected chi connectivity index (χ4v) is 3.38. The van der Waals surface area contributed by atoms with Crippen molar-refractivity contribution in [1.82, 2.24) is 34.8 Å². The molecular weight excluding hydrogens is 368 g/mol. The monoisotopic (exact) mass is 394 g/mol. The van der Waals surface area contributed by atoms with Crippen LogP contribution in [0.4, 0.5) is 10.6 Å². The number of H-pyrrole nitrogens is 1. The molecule has 0 aromatic carbocycles. The molecular formula is C20H26N8O. The van der Waals surface area contributed by atoms with Crippen molar-refractivity contribution in [1.29, 1.82) is 0 Å². The van der Waals surface area contributed by atoms with E-state index in [0.29, 0.717) is 24.7 Å². The Bertz CT molecular complexity index is 1000. The lowest BCUT2D eigenvalue weighted by molar-refractivity contribution is 0.221. The Morgan fingerprint density at radius 2 is 2.14 bits per heavy atom. The van der Waals surface area contributed by atoms with Gasteiger partial charge in [-0.1, -0.05) is 26.8 Å². The Hall–Kier alpha value is -3.23. The number of likely N-dealkylation sites (tertiary alicyclic amines) is 1. The molecule has 9 heteroatoms. The molecule has 0 bridgehead atoms. The summed E-state index contributed by atoms with van der Waals surface area (Å²) < 4.78 is 1.69. The van der Waals surface area contributed by atoms with Gasteiger partial charge in [-0.2, -0.15) is 14.9 Å². The molecule has 1 fully saturated rings. The number of aryl methyl sites for hydroxylation is 1. The van der Waals surface area contributed by atoms with Crippen LogP contribution >= 0.6 is 0 Å². The topological polar surface area (TPSA) is 105 Å². The lowest BCUT2D eigenvalue weighted by Gasteiger charge is -2.17. The second-order valence-electron chi connectivity index (χ2n) is 8.41. The zero-order valence-corrected chi connectivity index (χ0v) is 17.2. The van der Waals surface area contributed by atoms with E-state index in [-0.39, 0.29) is 17.4 Å². The molecule has 3 aromatic heterocycles. The number of aromatic amines is 1. The largest absolute Gasteiger partial charge is 0.324 e. The lowest BCUT2D eigenvalue weighted by Crippen LogP contribution is -2.33. The number of nitrogens with one attached hydrogen (secondary N) is 2. The number of carbonyl (C=O) groups excluding carboxylic acids is 1. The summed E-state index contributed by atoms with van der Waals surface area (Å²) in [6.07, 6.45) is 2.56. The highest BCUT2D eigenvalue weighted by Gasteiger charge is 2.31.